The van der Waals surface area contributed by atoms with E-state index in [1.807, 2.05) is 0 Å². The van der Waals surface area contributed by atoms with E-state index in [2.05, 4.69) is 0 Å². The molecule has 1 saturated heterocycles. The Bertz CT molecular complexity index is 1100. The molecule has 1 amide bonds. The SMILES string of the molecule is O=C(c1cc(C(F)(F)F)cc(C(F)(F)F)c1)N1CCC(c2ccccc2Cl)S(=O)(=O)CC1. The largest absolute Gasteiger partial charge is 0.416 e. The Morgan fingerprint density at radius 3 is 2.03 bits per heavy atom. The number of halogens is 7. The van der Waals surface area contributed by atoms with Gasteiger partial charge >= 0.3 is 12.4 Å². The predicted octanol–water partition coefficient (Wildman–Crippen LogP) is 5.38. The van der Waals surface area contributed by atoms with Crippen LogP contribution < -0.4 is 0 Å². The summed E-state index contributed by atoms with van der Waals surface area (Å²) in [5, 5.41) is -0.852. The van der Waals surface area contributed by atoms with Crippen LogP contribution in [-0.4, -0.2) is 38.1 Å². The lowest BCUT2D eigenvalue weighted by Crippen LogP contribution is -2.34. The first-order chi connectivity index (χ1) is 14.7. The van der Waals surface area contributed by atoms with Gasteiger partial charge < -0.3 is 4.90 Å². The summed E-state index contributed by atoms with van der Waals surface area (Å²) in [7, 11) is -3.79. The van der Waals surface area contributed by atoms with Gasteiger partial charge in [0.25, 0.3) is 5.91 Å². The molecule has 0 aromatic heterocycles. The smallest absolute Gasteiger partial charge is 0.338 e. The number of nitrogens with zero attached hydrogens (tertiary/aromatic N) is 1. The van der Waals surface area contributed by atoms with Crippen LogP contribution in [0.15, 0.2) is 42.5 Å². The molecule has 1 aliphatic rings. The van der Waals surface area contributed by atoms with E-state index in [1.165, 1.54) is 12.1 Å². The summed E-state index contributed by atoms with van der Waals surface area (Å²) < 4.78 is 104. The first-order valence-corrected chi connectivity index (χ1v) is 11.3. The molecule has 32 heavy (non-hydrogen) atoms. The van der Waals surface area contributed by atoms with Gasteiger partial charge in [-0.1, -0.05) is 29.8 Å². The van der Waals surface area contributed by atoms with Crippen molar-refractivity contribution in [3.8, 4) is 0 Å². The summed E-state index contributed by atoms with van der Waals surface area (Å²) in [4.78, 5) is 13.8. The van der Waals surface area contributed by atoms with Crippen LogP contribution in [0.2, 0.25) is 5.02 Å². The molecule has 0 saturated carbocycles. The third kappa shape index (κ3) is 5.20. The molecular formula is C20H16ClF6NO3S. The van der Waals surface area contributed by atoms with Crippen LogP contribution in [0, 0.1) is 0 Å². The van der Waals surface area contributed by atoms with E-state index in [0.717, 1.165) is 4.90 Å². The average molecular weight is 500 g/mol. The Morgan fingerprint density at radius 1 is 0.938 bits per heavy atom. The number of alkyl halides is 6. The lowest BCUT2D eigenvalue weighted by atomic mass is 10.0. The molecule has 1 heterocycles. The van der Waals surface area contributed by atoms with Gasteiger partial charge in [0.1, 0.15) is 0 Å². The summed E-state index contributed by atoms with van der Waals surface area (Å²) in [6, 6.07) is 6.82. The quantitative estimate of drug-likeness (QED) is 0.521. The Kier molecular flexibility index (Phi) is 6.54. The van der Waals surface area contributed by atoms with E-state index in [4.69, 9.17) is 11.6 Å². The summed E-state index contributed by atoms with van der Waals surface area (Å²) >= 11 is 6.10. The second kappa shape index (κ2) is 8.58. The molecule has 2 aromatic carbocycles. The summed E-state index contributed by atoms with van der Waals surface area (Å²) in [5.74, 6) is -1.63. The standard InChI is InChI=1S/C20H16ClF6NO3S/c21-16-4-2-1-3-15(16)17-5-6-28(7-8-32(17,30)31)18(29)12-9-13(19(22,23)24)11-14(10-12)20(25,26)27/h1-4,9-11,17H,5-8H2. The fourth-order valence-corrected chi connectivity index (χ4v) is 5.64. The van der Waals surface area contributed by atoms with Gasteiger partial charge in [0, 0.05) is 23.7 Å². The third-order valence-corrected chi connectivity index (χ3v) is 7.57. The van der Waals surface area contributed by atoms with Crippen LogP contribution >= 0.6 is 11.6 Å². The molecule has 174 valence electrons. The third-order valence-electron chi connectivity index (χ3n) is 5.11. The first-order valence-electron chi connectivity index (χ1n) is 9.25. The number of carbonyl (C=O) groups is 1. The number of rotatable bonds is 2. The molecule has 0 bridgehead atoms. The van der Waals surface area contributed by atoms with E-state index >= 15 is 0 Å². The highest BCUT2D eigenvalue weighted by molar-refractivity contribution is 7.91. The minimum atomic E-state index is -5.10. The maximum atomic E-state index is 13.1. The molecule has 2 aromatic rings. The lowest BCUT2D eigenvalue weighted by Gasteiger charge is -2.22. The van der Waals surface area contributed by atoms with Gasteiger partial charge in [-0.3, -0.25) is 4.79 Å². The molecule has 1 aliphatic heterocycles. The zero-order valence-electron chi connectivity index (χ0n) is 16.2. The number of sulfone groups is 1. The maximum absolute atomic E-state index is 13.1. The number of amides is 1. The maximum Gasteiger partial charge on any atom is 0.416 e. The van der Waals surface area contributed by atoms with E-state index in [0.29, 0.717) is 17.7 Å². The first kappa shape index (κ1) is 24.4. The highest BCUT2D eigenvalue weighted by atomic mass is 35.5. The zero-order valence-corrected chi connectivity index (χ0v) is 17.7. The molecule has 1 fully saturated rings. The number of hydrogen-bond donors (Lipinski definition) is 0. The highest BCUT2D eigenvalue weighted by Crippen LogP contribution is 2.37. The Balaban J connectivity index is 1.95. The minimum absolute atomic E-state index is 0.0723. The molecule has 0 aliphatic carbocycles. The Labute approximate surface area is 184 Å². The second-order valence-corrected chi connectivity index (χ2v) is 9.96. The number of hydrogen-bond acceptors (Lipinski definition) is 3. The van der Waals surface area contributed by atoms with Crippen LogP contribution in [0.5, 0.6) is 0 Å². The number of carbonyl (C=O) groups excluding carboxylic acids is 1. The fourth-order valence-electron chi connectivity index (χ4n) is 3.49. The van der Waals surface area contributed by atoms with Crippen molar-refractivity contribution in [3.63, 3.8) is 0 Å². The molecule has 1 atom stereocenters. The van der Waals surface area contributed by atoms with Gasteiger partial charge in [-0.2, -0.15) is 26.3 Å². The van der Waals surface area contributed by atoms with Gasteiger partial charge in [0.15, 0.2) is 9.84 Å². The minimum Gasteiger partial charge on any atom is -0.338 e. The molecule has 0 radical (unpaired) electrons. The number of benzene rings is 2. The topological polar surface area (TPSA) is 54.5 Å². The van der Waals surface area contributed by atoms with E-state index in [-0.39, 0.29) is 30.6 Å². The highest BCUT2D eigenvalue weighted by Gasteiger charge is 2.39. The predicted molar refractivity (Wildman–Crippen MR) is 105 cm³/mol. The van der Waals surface area contributed by atoms with Crippen molar-refractivity contribution in [3.05, 3.63) is 69.7 Å². The average Bonchev–Trinajstić information content (AvgIpc) is 2.84. The summed E-state index contributed by atoms with van der Waals surface area (Å²) in [5.41, 5.74) is -3.73. The molecule has 3 rings (SSSR count). The van der Waals surface area contributed by atoms with Gasteiger partial charge in [0.05, 0.1) is 22.1 Å². The lowest BCUT2D eigenvalue weighted by molar-refractivity contribution is -0.143. The molecule has 0 spiro atoms. The van der Waals surface area contributed by atoms with Crippen molar-refractivity contribution in [2.45, 2.75) is 24.0 Å². The van der Waals surface area contributed by atoms with Gasteiger partial charge in [-0.25, -0.2) is 8.42 Å². The van der Waals surface area contributed by atoms with E-state index in [9.17, 15) is 39.6 Å². The molecular weight excluding hydrogens is 484 g/mol. The van der Waals surface area contributed by atoms with Crippen molar-refractivity contribution in [2.75, 3.05) is 18.8 Å². The van der Waals surface area contributed by atoms with Crippen molar-refractivity contribution in [1.29, 1.82) is 0 Å². The zero-order chi connectivity index (χ0) is 23.9. The van der Waals surface area contributed by atoms with Crippen LogP contribution in [0.25, 0.3) is 0 Å². The fraction of sp³-hybridized carbons (Fsp3) is 0.350. The van der Waals surface area contributed by atoms with Crippen molar-refractivity contribution in [1.82, 2.24) is 4.90 Å². The normalized spacial score (nSPS) is 19.5. The van der Waals surface area contributed by atoms with Crippen LogP contribution in [-0.2, 0) is 22.2 Å². The monoisotopic (exact) mass is 499 g/mol. The summed E-state index contributed by atoms with van der Waals surface area (Å²) in [6.45, 7) is -0.564. The Morgan fingerprint density at radius 2 is 1.50 bits per heavy atom. The van der Waals surface area contributed by atoms with E-state index < -0.39 is 55.8 Å². The van der Waals surface area contributed by atoms with Gasteiger partial charge in [-0.15, -0.1) is 0 Å². The summed E-state index contributed by atoms with van der Waals surface area (Å²) in [6.07, 6.45) is -10.3. The molecule has 1 unspecified atom stereocenters. The van der Waals surface area contributed by atoms with Crippen LogP contribution in [0.4, 0.5) is 26.3 Å². The molecule has 0 N–H and O–H groups in total. The van der Waals surface area contributed by atoms with Crippen LogP contribution in [0.1, 0.15) is 38.7 Å². The molecule has 4 nitrogen and oxygen atoms in total. The van der Waals surface area contributed by atoms with Gasteiger partial charge in [0.2, 0.25) is 0 Å². The van der Waals surface area contributed by atoms with Gasteiger partial charge in [-0.05, 0) is 36.2 Å². The second-order valence-electron chi connectivity index (χ2n) is 7.25. The van der Waals surface area contributed by atoms with Crippen LogP contribution in [0.3, 0.4) is 0 Å². The van der Waals surface area contributed by atoms with E-state index in [1.54, 1.807) is 12.1 Å². The van der Waals surface area contributed by atoms with Crippen molar-refractivity contribution in [2.24, 2.45) is 0 Å². The van der Waals surface area contributed by atoms with Crippen molar-refractivity contribution < 1.29 is 39.6 Å². The van der Waals surface area contributed by atoms with Crippen molar-refractivity contribution >= 4 is 27.3 Å². The Hall–Kier alpha value is -2.27. The molecule has 12 heteroatoms.